The number of nitrogens with one attached hydrogen (secondary N) is 2. The van der Waals surface area contributed by atoms with Crippen molar-refractivity contribution in [3.05, 3.63) is 29.8 Å². The number of benzene rings is 1. The molecule has 3 unspecified atom stereocenters. The van der Waals surface area contributed by atoms with Gasteiger partial charge < -0.3 is 15.7 Å². The second kappa shape index (κ2) is 5.83. The predicted molar refractivity (Wildman–Crippen MR) is 78.6 cm³/mol. The number of hydrogen-bond acceptors (Lipinski definition) is 3. The summed E-state index contributed by atoms with van der Waals surface area (Å²) in [5.41, 5.74) is 2.16. The van der Waals surface area contributed by atoms with Crippen LogP contribution in [-0.2, 0) is 4.79 Å². The van der Waals surface area contributed by atoms with Gasteiger partial charge in [-0.3, -0.25) is 4.79 Å². The van der Waals surface area contributed by atoms with Crippen molar-refractivity contribution in [3.63, 3.8) is 0 Å². The van der Waals surface area contributed by atoms with Gasteiger partial charge in [-0.15, -0.1) is 0 Å². The van der Waals surface area contributed by atoms with Crippen LogP contribution in [0.15, 0.2) is 24.3 Å². The quantitative estimate of drug-likeness (QED) is 0.783. The first-order valence-corrected chi connectivity index (χ1v) is 7.51. The number of aliphatic hydroxyl groups excluding tert-OH is 1. The number of hydrogen-bond donors (Lipinski definition) is 3. The highest BCUT2D eigenvalue weighted by atomic mass is 16.3. The van der Waals surface area contributed by atoms with E-state index in [9.17, 15) is 9.90 Å². The molecule has 1 aliphatic carbocycles. The highest BCUT2D eigenvalue weighted by molar-refractivity contribution is 5.88. The van der Waals surface area contributed by atoms with Crippen LogP contribution < -0.4 is 10.6 Å². The molecule has 3 atom stereocenters. The fourth-order valence-corrected chi connectivity index (χ4v) is 3.50. The van der Waals surface area contributed by atoms with Crippen molar-refractivity contribution < 1.29 is 9.90 Å². The van der Waals surface area contributed by atoms with Crippen molar-refractivity contribution in [1.82, 2.24) is 5.32 Å². The molecule has 1 fully saturated rings. The van der Waals surface area contributed by atoms with Gasteiger partial charge in [-0.05, 0) is 36.3 Å². The molecule has 1 aromatic rings. The lowest BCUT2D eigenvalue weighted by Crippen LogP contribution is -2.35. The van der Waals surface area contributed by atoms with Crippen molar-refractivity contribution in [2.24, 2.45) is 11.8 Å². The van der Waals surface area contributed by atoms with Crippen molar-refractivity contribution in [3.8, 4) is 0 Å². The first kappa shape index (κ1) is 13.4. The van der Waals surface area contributed by atoms with E-state index in [-0.39, 0.29) is 18.4 Å². The van der Waals surface area contributed by atoms with Crippen LogP contribution >= 0.6 is 0 Å². The third kappa shape index (κ3) is 2.52. The SMILES string of the molecule is O=C(NCC1CCCC1CO)C1CNc2ccccc21. The summed E-state index contributed by atoms with van der Waals surface area (Å²) in [5.74, 6) is 0.823. The van der Waals surface area contributed by atoms with Gasteiger partial charge in [-0.2, -0.15) is 0 Å². The molecular weight excluding hydrogens is 252 g/mol. The van der Waals surface area contributed by atoms with Gasteiger partial charge in [0.05, 0.1) is 5.92 Å². The summed E-state index contributed by atoms with van der Waals surface area (Å²) in [6, 6.07) is 7.99. The first-order valence-electron chi connectivity index (χ1n) is 7.51. The summed E-state index contributed by atoms with van der Waals surface area (Å²) in [6.07, 6.45) is 3.37. The fourth-order valence-electron chi connectivity index (χ4n) is 3.50. The molecule has 0 radical (unpaired) electrons. The Morgan fingerprint density at radius 1 is 1.30 bits per heavy atom. The molecular formula is C16H22N2O2. The highest BCUT2D eigenvalue weighted by Crippen LogP contribution is 2.32. The Balaban J connectivity index is 1.58. The topological polar surface area (TPSA) is 61.4 Å². The van der Waals surface area contributed by atoms with Gasteiger partial charge in [-0.25, -0.2) is 0 Å². The van der Waals surface area contributed by atoms with E-state index in [0.717, 1.165) is 24.1 Å². The Hall–Kier alpha value is -1.55. The molecule has 1 amide bonds. The van der Waals surface area contributed by atoms with Crippen molar-refractivity contribution in [1.29, 1.82) is 0 Å². The number of carbonyl (C=O) groups excluding carboxylic acids is 1. The molecule has 3 rings (SSSR count). The van der Waals surface area contributed by atoms with Gasteiger partial charge >= 0.3 is 0 Å². The molecule has 0 spiro atoms. The molecule has 108 valence electrons. The van der Waals surface area contributed by atoms with E-state index in [1.165, 1.54) is 6.42 Å². The number of carbonyl (C=O) groups is 1. The van der Waals surface area contributed by atoms with E-state index in [1.54, 1.807) is 0 Å². The molecule has 2 aliphatic rings. The Morgan fingerprint density at radius 2 is 2.10 bits per heavy atom. The van der Waals surface area contributed by atoms with E-state index in [4.69, 9.17) is 0 Å². The molecule has 3 N–H and O–H groups in total. The largest absolute Gasteiger partial charge is 0.396 e. The molecule has 1 saturated carbocycles. The third-order valence-corrected chi connectivity index (χ3v) is 4.74. The standard InChI is InChI=1S/C16H22N2O2/c19-10-12-5-3-4-11(12)8-18-16(20)14-9-17-15-7-2-1-6-13(14)15/h1-2,6-7,11-12,14,17,19H,3-5,8-10H2,(H,18,20). The molecule has 0 saturated heterocycles. The van der Waals surface area contributed by atoms with Gasteiger partial charge in [0.1, 0.15) is 0 Å². The minimum atomic E-state index is -0.0832. The zero-order valence-corrected chi connectivity index (χ0v) is 11.6. The van der Waals surface area contributed by atoms with Gasteiger partial charge in [-0.1, -0.05) is 24.6 Å². The maximum atomic E-state index is 12.3. The van der Waals surface area contributed by atoms with Gasteiger partial charge in [0.15, 0.2) is 0 Å². The number of para-hydroxylation sites is 1. The predicted octanol–water partition coefficient (Wildman–Crippen LogP) is 1.72. The van der Waals surface area contributed by atoms with Gasteiger partial charge in [0.25, 0.3) is 0 Å². The number of fused-ring (bicyclic) bond motifs is 1. The average Bonchev–Trinajstić information content (AvgIpc) is 3.11. The number of aliphatic hydroxyl groups is 1. The van der Waals surface area contributed by atoms with Crippen LogP contribution in [0.2, 0.25) is 0 Å². The van der Waals surface area contributed by atoms with Crippen LogP contribution in [0.5, 0.6) is 0 Å². The number of rotatable bonds is 4. The first-order chi connectivity index (χ1) is 9.79. The lowest BCUT2D eigenvalue weighted by atomic mass is 9.96. The van der Waals surface area contributed by atoms with E-state index >= 15 is 0 Å². The zero-order chi connectivity index (χ0) is 13.9. The monoisotopic (exact) mass is 274 g/mol. The molecule has 1 aliphatic heterocycles. The van der Waals surface area contributed by atoms with E-state index in [0.29, 0.717) is 24.9 Å². The molecule has 1 heterocycles. The van der Waals surface area contributed by atoms with Crippen LogP contribution in [-0.4, -0.2) is 30.7 Å². The summed E-state index contributed by atoms with van der Waals surface area (Å²) in [7, 11) is 0. The van der Waals surface area contributed by atoms with E-state index in [1.807, 2.05) is 24.3 Å². The van der Waals surface area contributed by atoms with Crippen LogP contribution in [0.25, 0.3) is 0 Å². The fraction of sp³-hybridized carbons (Fsp3) is 0.562. The van der Waals surface area contributed by atoms with E-state index in [2.05, 4.69) is 10.6 Å². The summed E-state index contributed by atoms with van der Waals surface area (Å²) < 4.78 is 0. The second-order valence-corrected chi connectivity index (χ2v) is 5.90. The van der Waals surface area contributed by atoms with Crippen LogP contribution in [0.4, 0.5) is 5.69 Å². The molecule has 20 heavy (non-hydrogen) atoms. The molecule has 0 bridgehead atoms. The zero-order valence-electron chi connectivity index (χ0n) is 11.6. The van der Waals surface area contributed by atoms with Crippen molar-refractivity contribution in [2.45, 2.75) is 25.2 Å². The minimum absolute atomic E-state index is 0.0832. The maximum absolute atomic E-state index is 12.3. The maximum Gasteiger partial charge on any atom is 0.229 e. The van der Waals surface area contributed by atoms with Crippen LogP contribution in [0.3, 0.4) is 0 Å². The molecule has 0 aromatic heterocycles. The van der Waals surface area contributed by atoms with Gasteiger partial charge in [0.2, 0.25) is 5.91 Å². The summed E-state index contributed by atoms with van der Waals surface area (Å²) in [6.45, 7) is 1.62. The smallest absolute Gasteiger partial charge is 0.229 e. The lowest BCUT2D eigenvalue weighted by Gasteiger charge is -2.19. The Morgan fingerprint density at radius 3 is 2.95 bits per heavy atom. The second-order valence-electron chi connectivity index (χ2n) is 5.90. The third-order valence-electron chi connectivity index (χ3n) is 4.74. The molecule has 1 aromatic carbocycles. The van der Waals surface area contributed by atoms with E-state index < -0.39 is 0 Å². The molecule has 4 nitrogen and oxygen atoms in total. The summed E-state index contributed by atoms with van der Waals surface area (Å²) in [5, 5.41) is 15.7. The van der Waals surface area contributed by atoms with Crippen molar-refractivity contribution >= 4 is 11.6 Å². The van der Waals surface area contributed by atoms with Gasteiger partial charge in [0, 0.05) is 25.4 Å². The minimum Gasteiger partial charge on any atom is -0.396 e. The Labute approximate surface area is 119 Å². The summed E-state index contributed by atoms with van der Waals surface area (Å²) >= 11 is 0. The van der Waals surface area contributed by atoms with Crippen LogP contribution in [0.1, 0.15) is 30.7 Å². The normalized spacial score (nSPS) is 27.9. The number of anilines is 1. The van der Waals surface area contributed by atoms with Crippen LogP contribution in [0, 0.1) is 11.8 Å². The highest BCUT2D eigenvalue weighted by Gasteiger charge is 2.30. The Kier molecular flexibility index (Phi) is 3.92. The Bertz CT molecular complexity index is 489. The number of amides is 1. The average molecular weight is 274 g/mol. The molecule has 4 heteroatoms. The van der Waals surface area contributed by atoms with Crippen molar-refractivity contribution in [2.75, 3.05) is 25.0 Å². The lowest BCUT2D eigenvalue weighted by molar-refractivity contribution is -0.122. The summed E-state index contributed by atoms with van der Waals surface area (Å²) in [4.78, 5) is 12.3.